The fourth-order valence-electron chi connectivity index (χ4n) is 2.00. The van der Waals surface area contributed by atoms with Crippen molar-refractivity contribution in [3.63, 3.8) is 0 Å². The molecule has 0 amide bonds. The number of hydrogen-bond acceptors (Lipinski definition) is 6. The van der Waals surface area contributed by atoms with Gasteiger partial charge in [-0.1, -0.05) is 36.4 Å². The predicted molar refractivity (Wildman–Crippen MR) is 68.6 cm³/mol. The molecule has 0 aliphatic carbocycles. The molecule has 1 aromatic rings. The number of carboxylic acid groups (broad SMARTS) is 2. The van der Waals surface area contributed by atoms with E-state index in [1.807, 2.05) is 0 Å². The number of aryl methyl sites for hydroxylation is 1. The zero-order chi connectivity index (χ0) is 16.2. The lowest BCUT2D eigenvalue weighted by molar-refractivity contribution is -0.317. The molecule has 1 unspecified atom stereocenters. The van der Waals surface area contributed by atoms with Crippen LogP contribution in [0.2, 0.25) is 0 Å². The second kappa shape index (κ2) is 6.21. The van der Waals surface area contributed by atoms with Gasteiger partial charge in [-0.05, 0) is 18.1 Å². The Labute approximate surface area is 121 Å². The maximum Gasteiger partial charge on any atom is 0.307 e. The number of hydrogen-bond donors (Lipinski definition) is 0. The summed E-state index contributed by atoms with van der Waals surface area (Å²) in [7, 11) is 1.07. The van der Waals surface area contributed by atoms with Gasteiger partial charge in [-0.2, -0.15) is 0 Å². The van der Waals surface area contributed by atoms with Gasteiger partial charge in [0.1, 0.15) is 0 Å². The third-order valence-electron chi connectivity index (χ3n) is 3.29. The minimum Gasteiger partial charge on any atom is -0.549 e. The molecule has 0 fully saturated rings. The van der Waals surface area contributed by atoms with Crippen LogP contribution >= 0.6 is 0 Å². The van der Waals surface area contributed by atoms with Crippen molar-refractivity contribution in [2.45, 2.75) is 18.8 Å². The molecule has 0 saturated heterocycles. The first kappa shape index (κ1) is 16.4. The Balaban J connectivity index is 3.54. The van der Waals surface area contributed by atoms with Crippen LogP contribution < -0.4 is 10.2 Å². The van der Waals surface area contributed by atoms with Crippen molar-refractivity contribution in [2.24, 2.45) is 0 Å². The minimum absolute atomic E-state index is 0.0627. The molecule has 0 heterocycles. The summed E-state index contributed by atoms with van der Waals surface area (Å²) in [4.78, 5) is 34.3. The fourth-order valence-corrected chi connectivity index (χ4v) is 2.00. The zero-order valence-electron chi connectivity index (χ0n) is 11.7. The van der Waals surface area contributed by atoms with Gasteiger partial charge in [-0.15, -0.1) is 0 Å². The number of methoxy groups -OCH3 is 1. The quantitative estimate of drug-likeness (QED) is 0.484. The number of carbonyl (C=O) groups is 3. The first-order valence-electron chi connectivity index (χ1n) is 6.02. The second-order valence-corrected chi connectivity index (χ2v) is 4.58. The molecule has 6 heteroatoms. The lowest BCUT2D eigenvalue weighted by atomic mass is 9.72. The fraction of sp³-hybridized carbons (Fsp3) is 0.267. The van der Waals surface area contributed by atoms with Crippen LogP contribution in [0.3, 0.4) is 0 Å². The van der Waals surface area contributed by atoms with E-state index in [2.05, 4.69) is 11.3 Å². The average molecular weight is 290 g/mol. The van der Waals surface area contributed by atoms with E-state index in [-0.39, 0.29) is 5.56 Å². The van der Waals surface area contributed by atoms with Crippen LogP contribution in [-0.2, 0) is 24.5 Å². The third-order valence-corrected chi connectivity index (χ3v) is 3.29. The number of carboxylic acids is 2. The number of aliphatic carboxylic acids is 2. The molecule has 0 bridgehead atoms. The number of esters is 1. The molecule has 0 aromatic heterocycles. The largest absolute Gasteiger partial charge is 0.549 e. The summed E-state index contributed by atoms with van der Waals surface area (Å²) in [6.45, 7) is 5.02. The van der Waals surface area contributed by atoms with Crippen LogP contribution in [0.25, 0.3) is 0 Å². The summed E-state index contributed by atoms with van der Waals surface area (Å²) in [5, 5.41) is 22.7. The summed E-state index contributed by atoms with van der Waals surface area (Å²) < 4.78 is 4.45. The second-order valence-electron chi connectivity index (χ2n) is 4.58. The van der Waals surface area contributed by atoms with Crippen molar-refractivity contribution in [2.75, 3.05) is 7.11 Å². The van der Waals surface area contributed by atoms with E-state index in [9.17, 15) is 24.6 Å². The highest BCUT2D eigenvalue weighted by atomic mass is 16.5. The molecule has 0 aliphatic heterocycles. The Hall–Kier alpha value is -2.63. The molecule has 0 aliphatic rings. The standard InChI is InChI=1S/C15H16O6/c1-9-4-6-11(7-5-9)15(14(19)20,8-12(16)21-3)10(2)13(17)18/h4-7H,2,8H2,1,3H3,(H,17,18)(H,19,20)/p-2. The van der Waals surface area contributed by atoms with Crippen LogP contribution in [0.4, 0.5) is 0 Å². The molecule has 6 nitrogen and oxygen atoms in total. The Bertz CT molecular complexity index is 587. The van der Waals surface area contributed by atoms with Crippen molar-refractivity contribution in [3.05, 3.63) is 47.5 Å². The SMILES string of the molecule is C=C(C(=O)[O-])C(CC(=O)OC)(C(=O)[O-])c1ccc(C)cc1. The van der Waals surface area contributed by atoms with E-state index in [4.69, 9.17) is 0 Å². The summed E-state index contributed by atoms with van der Waals surface area (Å²) in [6, 6.07) is 5.99. The van der Waals surface area contributed by atoms with Gasteiger partial charge >= 0.3 is 5.97 Å². The topological polar surface area (TPSA) is 107 Å². The molecule has 0 radical (unpaired) electrons. The van der Waals surface area contributed by atoms with Crippen LogP contribution in [0.1, 0.15) is 17.5 Å². The maximum atomic E-state index is 11.6. The van der Waals surface area contributed by atoms with Crippen LogP contribution in [0, 0.1) is 6.92 Å². The molecule has 0 spiro atoms. The minimum atomic E-state index is -2.24. The van der Waals surface area contributed by atoms with Gasteiger partial charge < -0.3 is 24.5 Å². The normalized spacial score (nSPS) is 13.0. The van der Waals surface area contributed by atoms with Gasteiger partial charge in [0.25, 0.3) is 0 Å². The lowest BCUT2D eigenvalue weighted by Crippen LogP contribution is -2.52. The van der Waals surface area contributed by atoms with E-state index >= 15 is 0 Å². The van der Waals surface area contributed by atoms with Crippen molar-refractivity contribution in [1.29, 1.82) is 0 Å². The van der Waals surface area contributed by atoms with Crippen LogP contribution in [-0.4, -0.2) is 25.0 Å². The van der Waals surface area contributed by atoms with E-state index < -0.39 is 35.3 Å². The number of benzene rings is 1. The molecule has 0 saturated carbocycles. The molecule has 21 heavy (non-hydrogen) atoms. The maximum absolute atomic E-state index is 11.6. The van der Waals surface area contributed by atoms with E-state index in [0.717, 1.165) is 12.7 Å². The van der Waals surface area contributed by atoms with Gasteiger partial charge in [-0.25, -0.2) is 0 Å². The molecule has 0 N–H and O–H groups in total. The molecular formula is C15H14O6-2. The average Bonchev–Trinajstić information content (AvgIpc) is 2.44. The summed E-state index contributed by atoms with van der Waals surface area (Å²) in [5.74, 6) is -4.43. The Morgan fingerprint density at radius 3 is 2.10 bits per heavy atom. The zero-order valence-corrected chi connectivity index (χ0v) is 11.7. The van der Waals surface area contributed by atoms with E-state index in [1.165, 1.54) is 12.1 Å². The summed E-state index contributed by atoms with van der Waals surface area (Å²) in [6.07, 6.45) is -0.748. The Morgan fingerprint density at radius 2 is 1.71 bits per heavy atom. The Morgan fingerprint density at radius 1 is 1.19 bits per heavy atom. The molecule has 1 rings (SSSR count). The highest BCUT2D eigenvalue weighted by molar-refractivity contribution is 6.01. The van der Waals surface area contributed by atoms with Gasteiger partial charge in [0.2, 0.25) is 0 Å². The predicted octanol–water partition coefficient (Wildman–Crippen LogP) is -1.15. The first-order chi connectivity index (χ1) is 9.75. The van der Waals surface area contributed by atoms with Crippen LogP contribution in [0.5, 0.6) is 0 Å². The number of rotatable bonds is 6. The van der Waals surface area contributed by atoms with Gasteiger partial charge in [0.15, 0.2) is 0 Å². The molecule has 112 valence electrons. The lowest BCUT2D eigenvalue weighted by Gasteiger charge is -2.36. The highest BCUT2D eigenvalue weighted by Crippen LogP contribution is 2.35. The smallest absolute Gasteiger partial charge is 0.307 e. The monoisotopic (exact) mass is 290 g/mol. The van der Waals surface area contributed by atoms with Gasteiger partial charge in [0.05, 0.1) is 30.9 Å². The number of carbonyl (C=O) groups excluding carboxylic acids is 3. The number of ether oxygens (including phenoxy) is 1. The van der Waals surface area contributed by atoms with Crippen molar-refractivity contribution >= 4 is 17.9 Å². The van der Waals surface area contributed by atoms with E-state index in [1.54, 1.807) is 19.1 Å². The van der Waals surface area contributed by atoms with Crippen molar-refractivity contribution < 1.29 is 29.3 Å². The van der Waals surface area contributed by atoms with Crippen molar-refractivity contribution in [1.82, 2.24) is 0 Å². The summed E-state index contributed by atoms with van der Waals surface area (Å²) >= 11 is 0. The third kappa shape index (κ3) is 3.10. The molecular weight excluding hydrogens is 276 g/mol. The van der Waals surface area contributed by atoms with E-state index in [0.29, 0.717) is 0 Å². The van der Waals surface area contributed by atoms with Gasteiger partial charge in [0, 0.05) is 0 Å². The Kier molecular flexibility index (Phi) is 4.86. The molecule has 1 aromatic carbocycles. The first-order valence-corrected chi connectivity index (χ1v) is 6.02. The highest BCUT2D eigenvalue weighted by Gasteiger charge is 2.40. The van der Waals surface area contributed by atoms with Gasteiger partial charge in [-0.3, -0.25) is 4.79 Å². The molecule has 1 atom stereocenters. The summed E-state index contributed by atoms with van der Waals surface area (Å²) in [5.41, 5.74) is -2.10. The van der Waals surface area contributed by atoms with Crippen LogP contribution in [0.15, 0.2) is 36.4 Å². The van der Waals surface area contributed by atoms with Crippen molar-refractivity contribution in [3.8, 4) is 0 Å².